The number of alkyl carbamates (subject to hydrolysis) is 1. The number of hydrogen-bond acceptors (Lipinski definition) is 3. The summed E-state index contributed by atoms with van der Waals surface area (Å²) < 4.78 is 17.8. The maximum Gasteiger partial charge on any atom is 0.408 e. The second-order valence-corrected chi connectivity index (χ2v) is 5.55. The largest absolute Gasteiger partial charge is 0.444 e. The Labute approximate surface area is 118 Å². The SMILES string of the molecule is CC(C)(C)OC(=O)NC(C=O)CCc1ccc(F)cc1. The first kappa shape index (κ1) is 16.1. The van der Waals surface area contributed by atoms with Gasteiger partial charge in [0.2, 0.25) is 0 Å². The van der Waals surface area contributed by atoms with Crippen molar-refractivity contribution in [3.63, 3.8) is 0 Å². The van der Waals surface area contributed by atoms with Crippen molar-refractivity contribution in [1.82, 2.24) is 5.32 Å². The summed E-state index contributed by atoms with van der Waals surface area (Å²) in [5.74, 6) is -0.299. The lowest BCUT2D eigenvalue weighted by atomic mass is 10.1. The number of benzene rings is 1. The van der Waals surface area contributed by atoms with Gasteiger partial charge in [-0.1, -0.05) is 12.1 Å². The van der Waals surface area contributed by atoms with Crippen molar-refractivity contribution in [1.29, 1.82) is 0 Å². The van der Waals surface area contributed by atoms with Crippen LogP contribution in [-0.4, -0.2) is 24.0 Å². The molecular formula is C15H20FNO3. The lowest BCUT2D eigenvalue weighted by Crippen LogP contribution is -2.40. The van der Waals surface area contributed by atoms with Crippen LogP contribution in [-0.2, 0) is 16.0 Å². The Morgan fingerprint density at radius 1 is 1.35 bits per heavy atom. The molecule has 1 rings (SSSR count). The minimum Gasteiger partial charge on any atom is -0.444 e. The van der Waals surface area contributed by atoms with Gasteiger partial charge in [-0.2, -0.15) is 0 Å². The van der Waals surface area contributed by atoms with Crippen molar-refractivity contribution in [2.24, 2.45) is 0 Å². The minimum absolute atomic E-state index is 0.299. The van der Waals surface area contributed by atoms with Crippen molar-refractivity contribution in [2.75, 3.05) is 0 Å². The van der Waals surface area contributed by atoms with Crippen LogP contribution in [0, 0.1) is 5.82 Å². The number of halogens is 1. The highest BCUT2D eigenvalue weighted by atomic mass is 19.1. The molecular weight excluding hydrogens is 261 g/mol. The lowest BCUT2D eigenvalue weighted by Gasteiger charge is -2.21. The van der Waals surface area contributed by atoms with Crippen LogP contribution in [0.4, 0.5) is 9.18 Å². The summed E-state index contributed by atoms with van der Waals surface area (Å²) in [4.78, 5) is 22.5. The van der Waals surface area contributed by atoms with E-state index in [1.165, 1.54) is 12.1 Å². The second kappa shape index (κ2) is 7.03. The van der Waals surface area contributed by atoms with E-state index in [4.69, 9.17) is 4.74 Å². The molecule has 0 saturated carbocycles. The first-order chi connectivity index (χ1) is 9.30. The average molecular weight is 281 g/mol. The average Bonchev–Trinajstić information content (AvgIpc) is 2.34. The first-order valence-electron chi connectivity index (χ1n) is 6.49. The molecule has 0 bridgehead atoms. The van der Waals surface area contributed by atoms with E-state index in [9.17, 15) is 14.0 Å². The third kappa shape index (κ3) is 6.31. The number of aryl methyl sites for hydroxylation is 1. The Bertz CT molecular complexity index is 451. The fraction of sp³-hybridized carbons (Fsp3) is 0.467. The van der Waals surface area contributed by atoms with Gasteiger partial charge in [0.05, 0.1) is 6.04 Å². The second-order valence-electron chi connectivity index (χ2n) is 5.55. The lowest BCUT2D eigenvalue weighted by molar-refractivity contribution is -0.109. The molecule has 1 unspecified atom stereocenters. The van der Waals surface area contributed by atoms with Crippen LogP contribution in [0.2, 0.25) is 0 Å². The van der Waals surface area contributed by atoms with E-state index in [1.54, 1.807) is 32.9 Å². The third-order valence-electron chi connectivity index (χ3n) is 2.52. The molecule has 0 radical (unpaired) electrons. The van der Waals surface area contributed by atoms with Gasteiger partial charge in [0, 0.05) is 0 Å². The van der Waals surface area contributed by atoms with Crippen LogP contribution < -0.4 is 5.32 Å². The van der Waals surface area contributed by atoms with Crippen LogP contribution in [0.3, 0.4) is 0 Å². The van der Waals surface area contributed by atoms with Crippen LogP contribution in [0.25, 0.3) is 0 Å². The van der Waals surface area contributed by atoms with Crippen LogP contribution in [0.5, 0.6) is 0 Å². The summed E-state index contributed by atoms with van der Waals surface area (Å²) in [6.07, 6.45) is 1.06. The highest BCUT2D eigenvalue weighted by Gasteiger charge is 2.19. The molecule has 0 aliphatic heterocycles. The van der Waals surface area contributed by atoms with Gasteiger partial charge in [0.15, 0.2) is 0 Å². The Balaban J connectivity index is 2.45. The van der Waals surface area contributed by atoms with Gasteiger partial charge in [0.1, 0.15) is 17.7 Å². The number of amides is 1. The molecule has 1 aromatic rings. The standard InChI is InChI=1S/C15H20FNO3/c1-15(2,3)20-14(19)17-13(10-18)9-6-11-4-7-12(16)8-5-11/h4-5,7-8,10,13H,6,9H2,1-3H3,(H,17,19). The highest BCUT2D eigenvalue weighted by molar-refractivity contribution is 5.73. The van der Waals surface area contributed by atoms with Gasteiger partial charge in [-0.25, -0.2) is 9.18 Å². The molecule has 0 saturated heterocycles. The molecule has 0 spiro atoms. The Hall–Kier alpha value is -1.91. The number of aldehydes is 1. The van der Waals surface area contributed by atoms with E-state index in [2.05, 4.69) is 5.32 Å². The van der Waals surface area contributed by atoms with E-state index in [0.29, 0.717) is 19.1 Å². The van der Waals surface area contributed by atoms with Crippen LogP contribution >= 0.6 is 0 Å². The molecule has 0 aliphatic carbocycles. The topological polar surface area (TPSA) is 55.4 Å². The van der Waals surface area contributed by atoms with Crippen molar-refractivity contribution in [2.45, 2.75) is 45.3 Å². The van der Waals surface area contributed by atoms with Crippen LogP contribution in [0.1, 0.15) is 32.8 Å². The zero-order valence-corrected chi connectivity index (χ0v) is 12.0. The normalized spacial score (nSPS) is 12.6. The van der Waals surface area contributed by atoms with Crippen molar-refractivity contribution in [3.05, 3.63) is 35.6 Å². The highest BCUT2D eigenvalue weighted by Crippen LogP contribution is 2.09. The molecule has 1 atom stereocenters. The number of carbonyl (C=O) groups excluding carboxylic acids is 2. The van der Waals surface area contributed by atoms with Crippen molar-refractivity contribution < 1.29 is 18.7 Å². The zero-order chi connectivity index (χ0) is 15.2. The molecule has 0 fully saturated rings. The quantitative estimate of drug-likeness (QED) is 0.844. The number of ether oxygens (including phenoxy) is 1. The molecule has 1 aromatic carbocycles. The predicted molar refractivity (Wildman–Crippen MR) is 73.9 cm³/mol. The summed E-state index contributed by atoms with van der Waals surface area (Å²) >= 11 is 0. The van der Waals surface area contributed by atoms with E-state index >= 15 is 0 Å². The number of nitrogens with one attached hydrogen (secondary N) is 1. The number of hydrogen-bond donors (Lipinski definition) is 1. The van der Waals surface area contributed by atoms with Gasteiger partial charge in [0.25, 0.3) is 0 Å². The summed E-state index contributed by atoms with van der Waals surface area (Å²) in [5.41, 5.74) is 0.304. The fourth-order valence-corrected chi connectivity index (χ4v) is 1.61. The Morgan fingerprint density at radius 2 is 1.95 bits per heavy atom. The van der Waals surface area contributed by atoms with Gasteiger partial charge in [-0.15, -0.1) is 0 Å². The van der Waals surface area contributed by atoms with Crippen LogP contribution in [0.15, 0.2) is 24.3 Å². The predicted octanol–water partition coefficient (Wildman–Crippen LogP) is 2.85. The molecule has 1 amide bonds. The summed E-state index contributed by atoms with van der Waals surface area (Å²) in [6.45, 7) is 5.25. The molecule has 0 aliphatic rings. The molecule has 110 valence electrons. The van der Waals surface area contributed by atoms with Crippen molar-refractivity contribution in [3.8, 4) is 0 Å². The minimum atomic E-state index is -0.617. The maximum absolute atomic E-state index is 12.8. The van der Waals surface area contributed by atoms with E-state index in [1.807, 2.05) is 0 Å². The Morgan fingerprint density at radius 3 is 2.45 bits per heavy atom. The zero-order valence-electron chi connectivity index (χ0n) is 12.0. The first-order valence-corrected chi connectivity index (χ1v) is 6.49. The molecule has 0 heterocycles. The van der Waals surface area contributed by atoms with E-state index < -0.39 is 17.7 Å². The third-order valence-corrected chi connectivity index (χ3v) is 2.52. The van der Waals surface area contributed by atoms with Gasteiger partial charge >= 0.3 is 6.09 Å². The monoisotopic (exact) mass is 281 g/mol. The molecule has 5 heteroatoms. The maximum atomic E-state index is 12.8. The molecule has 4 nitrogen and oxygen atoms in total. The van der Waals surface area contributed by atoms with Gasteiger partial charge in [-0.3, -0.25) is 0 Å². The molecule has 20 heavy (non-hydrogen) atoms. The van der Waals surface area contributed by atoms with E-state index in [0.717, 1.165) is 5.56 Å². The summed E-state index contributed by atoms with van der Waals surface area (Å²) in [7, 11) is 0. The van der Waals surface area contributed by atoms with Crippen molar-refractivity contribution >= 4 is 12.4 Å². The van der Waals surface area contributed by atoms with Gasteiger partial charge in [-0.05, 0) is 51.3 Å². The molecule has 1 N–H and O–H groups in total. The molecule has 0 aromatic heterocycles. The summed E-state index contributed by atoms with van der Waals surface area (Å²) in [6, 6.07) is 5.43. The summed E-state index contributed by atoms with van der Waals surface area (Å²) in [5, 5.41) is 2.50. The van der Waals surface area contributed by atoms with Gasteiger partial charge < -0.3 is 14.8 Å². The smallest absolute Gasteiger partial charge is 0.408 e. The van der Waals surface area contributed by atoms with E-state index in [-0.39, 0.29) is 5.82 Å². The number of rotatable bonds is 5. The number of carbonyl (C=O) groups is 2. The Kier molecular flexibility index (Phi) is 5.67. The fourth-order valence-electron chi connectivity index (χ4n) is 1.61.